The van der Waals surface area contributed by atoms with E-state index in [1.54, 1.807) is 0 Å². The van der Waals surface area contributed by atoms with E-state index in [1.807, 2.05) is 25.7 Å². The Balaban J connectivity index is 2.12. The van der Waals surface area contributed by atoms with Gasteiger partial charge in [0.25, 0.3) is 0 Å². The molecule has 1 saturated heterocycles. The van der Waals surface area contributed by atoms with Gasteiger partial charge in [0.05, 0.1) is 23.5 Å². The molecule has 1 amide bonds. The standard InChI is InChI=1S/C16H27NO4/c1-5-11-6-12(13(7-11)15(19)20)14(18)17-8-10(2)21-16(3,4)9-17/h10-13H,5-9H2,1-4H3,(H,19,20)/t10?,11?,12-,13+/m0/s1. The zero-order chi connectivity index (χ0) is 15.8. The largest absolute Gasteiger partial charge is 0.481 e. The Morgan fingerprint density at radius 2 is 1.90 bits per heavy atom. The Bertz CT molecular complexity index is 421. The van der Waals surface area contributed by atoms with Crippen molar-refractivity contribution in [3.63, 3.8) is 0 Å². The predicted octanol–water partition coefficient (Wildman–Crippen LogP) is 2.15. The molecule has 2 aliphatic rings. The second-order valence-corrected chi connectivity index (χ2v) is 7.20. The highest BCUT2D eigenvalue weighted by Gasteiger charge is 2.45. The number of rotatable bonds is 3. The molecule has 120 valence electrons. The topological polar surface area (TPSA) is 66.8 Å². The molecule has 0 aromatic heterocycles. The van der Waals surface area contributed by atoms with Crippen LogP contribution in [-0.4, -0.2) is 46.7 Å². The van der Waals surface area contributed by atoms with Gasteiger partial charge in [-0.1, -0.05) is 13.3 Å². The molecule has 4 atom stereocenters. The van der Waals surface area contributed by atoms with Gasteiger partial charge in [-0.2, -0.15) is 0 Å². The zero-order valence-corrected chi connectivity index (χ0v) is 13.5. The Morgan fingerprint density at radius 1 is 1.29 bits per heavy atom. The quantitative estimate of drug-likeness (QED) is 0.866. The number of nitrogens with zero attached hydrogens (tertiary/aromatic N) is 1. The normalized spacial score (nSPS) is 35.7. The summed E-state index contributed by atoms with van der Waals surface area (Å²) in [5.41, 5.74) is -0.366. The number of carboxylic acid groups (broad SMARTS) is 1. The molecule has 2 rings (SSSR count). The molecular weight excluding hydrogens is 270 g/mol. The molecule has 0 spiro atoms. The average molecular weight is 297 g/mol. The van der Waals surface area contributed by atoms with Gasteiger partial charge in [0.15, 0.2) is 0 Å². The summed E-state index contributed by atoms with van der Waals surface area (Å²) in [6, 6.07) is 0. The minimum absolute atomic E-state index is 0.00146. The highest BCUT2D eigenvalue weighted by atomic mass is 16.5. The maximum atomic E-state index is 12.8. The first-order chi connectivity index (χ1) is 9.73. The Hall–Kier alpha value is -1.10. The van der Waals surface area contributed by atoms with Crippen LogP contribution in [0, 0.1) is 17.8 Å². The maximum absolute atomic E-state index is 12.8. The lowest BCUT2D eigenvalue weighted by Gasteiger charge is -2.42. The summed E-state index contributed by atoms with van der Waals surface area (Å²) >= 11 is 0. The third-order valence-corrected chi connectivity index (χ3v) is 4.75. The van der Waals surface area contributed by atoms with Crippen molar-refractivity contribution in [2.45, 2.75) is 58.7 Å². The van der Waals surface area contributed by atoms with Crippen LogP contribution < -0.4 is 0 Å². The van der Waals surface area contributed by atoms with E-state index in [0.29, 0.717) is 31.8 Å². The summed E-state index contributed by atoms with van der Waals surface area (Å²) in [6.45, 7) is 9.07. The van der Waals surface area contributed by atoms with Gasteiger partial charge in [0.2, 0.25) is 5.91 Å². The lowest BCUT2D eigenvalue weighted by atomic mass is 9.93. The first kappa shape index (κ1) is 16.3. The van der Waals surface area contributed by atoms with Crippen LogP contribution in [0.1, 0.15) is 47.0 Å². The van der Waals surface area contributed by atoms with Gasteiger partial charge in [-0.05, 0) is 39.5 Å². The van der Waals surface area contributed by atoms with Gasteiger partial charge in [0.1, 0.15) is 0 Å². The average Bonchev–Trinajstić information content (AvgIpc) is 2.79. The maximum Gasteiger partial charge on any atom is 0.307 e. The SMILES string of the molecule is CCC1C[C@H](C(=O)N2CC(C)OC(C)(C)C2)[C@H](C(=O)O)C1. The molecule has 1 aliphatic carbocycles. The van der Waals surface area contributed by atoms with Crippen molar-refractivity contribution < 1.29 is 19.4 Å². The van der Waals surface area contributed by atoms with Crippen molar-refractivity contribution in [3.8, 4) is 0 Å². The van der Waals surface area contributed by atoms with Crippen molar-refractivity contribution >= 4 is 11.9 Å². The van der Waals surface area contributed by atoms with Crippen molar-refractivity contribution in [3.05, 3.63) is 0 Å². The molecule has 2 unspecified atom stereocenters. The molecular formula is C16H27NO4. The minimum Gasteiger partial charge on any atom is -0.481 e. The van der Waals surface area contributed by atoms with Gasteiger partial charge >= 0.3 is 5.97 Å². The number of hydrogen-bond donors (Lipinski definition) is 1. The smallest absolute Gasteiger partial charge is 0.307 e. The van der Waals surface area contributed by atoms with Crippen molar-refractivity contribution in [2.24, 2.45) is 17.8 Å². The number of aliphatic carboxylic acids is 1. The van der Waals surface area contributed by atoms with Gasteiger partial charge in [0, 0.05) is 13.1 Å². The number of carbonyl (C=O) groups is 2. The molecule has 1 heterocycles. The lowest BCUT2D eigenvalue weighted by molar-refractivity contribution is -0.165. The molecule has 1 aliphatic heterocycles. The molecule has 5 heteroatoms. The van der Waals surface area contributed by atoms with E-state index in [1.165, 1.54) is 0 Å². The van der Waals surface area contributed by atoms with Crippen LogP contribution in [0.2, 0.25) is 0 Å². The molecule has 0 radical (unpaired) electrons. The summed E-state index contributed by atoms with van der Waals surface area (Å²) < 4.78 is 5.82. The van der Waals surface area contributed by atoms with E-state index in [0.717, 1.165) is 6.42 Å². The summed E-state index contributed by atoms with van der Waals surface area (Å²) in [5, 5.41) is 9.40. The lowest BCUT2D eigenvalue weighted by Crippen LogP contribution is -2.55. The highest BCUT2D eigenvalue weighted by Crippen LogP contribution is 2.40. The first-order valence-electron chi connectivity index (χ1n) is 7.93. The number of morpholine rings is 1. The molecule has 21 heavy (non-hydrogen) atoms. The first-order valence-corrected chi connectivity index (χ1v) is 7.93. The van der Waals surface area contributed by atoms with Crippen LogP contribution in [-0.2, 0) is 14.3 Å². The number of carboxylic acids is 1. The summed E-state index contributed by atoms with van der Waals surface area (Å²) in [7, 11) is 0. The fraction of sp³-hybridized carbons (Fsp3) is 0.875. The van der Waals surface area contributed by atoms with E-state index in [-0.39, 0.29) is 23.5 Å². The van der Waals surface area contributed by atoms with Crippen LogP contribution in [0.15, 0.2) is 0 Å². The number of ether oxygens (including phenoxy) is 1. The van der Waals surface area contributed by atoms with E-state index in [4.69, 9.17) is 4.74 Å². The predicted molar refractivity (Wildman–Crippen MR) is 78.8 cm³/mol. The van der Waals surface area contributed by atoms with Crippen LogP contribution in [0.25, 0.3) is 0 Å². The third kappa shape index (κ3) is 3.57. The Morgan fingerprint density at radius 3 is 2.43 bits per heavy atom. The third-order valence-electron chi connectivity index (χ3n) is 4.75. The molecule has 0 bridgehead atoms. The second kappa shape index (κ2) is 5.95. The van der Waals surface area contributed by atoms with Crippen LogP contribution in [0.3, 0.4) is 0 Å². The van der Waals surface area contributed by atoms with Crippen LogP contribution in [0.4, 0.5) is 0 Å². The molecule has 2 fully saturated rings. The summed E-state index contributed by atoms with van der Waals surface area (Å²) in [6.07, 6.45) is 2.27. The zero-order valence-electron chi connectivity index (χ0n) is 13.5. The van der Waals surface area contributed by atoms with Gasteiger partial charge in [-0.15, -0.1) is 0 Å². The molecule has 5 nitrogen and oxygen atoms in total. The van der Waals surface area contributed by atoms with Crippen LogP contribution in [0.5, 0.6) is 0 Å². The van der Waals surface area contributed by atoms with Crippen LogP contribution >= 0.6 is 0 Å². The van der Waals surface area contributed by atoms with E-state index < -0.39 is 11.9 Å². The van der Waals surface area contributed by atoms with E-state index in [2.05, 4.69) is 6.92 Å². The van der Waals surface area contributed by atoms with Gasteiger partial charge < -0.3 is 14.7 Å². The van der Waals surface area contributed by atoms with Crippen molar-refractivity contribution in [1.29, 1.82) is 0 Å². The molecule has 1 N–H and O–H groups in total. The van der Waals surface area contributed by atoms with Crippen molar-refractivity contribution in [2.75, 3.05) is 13.1 Å². The fourth-order valence-corrected chi connectivity index (χ4v) is 3.88. The summed E-state index contributed by atoms with van der Waals surface area (Å²) in [4.78, 5) is 26.1. The fourth-order valence-electron chi connectivity index (χ4n) is 3.88. The summed E-state index contributed by atoms with van der Waals surface area (Å²) in [5.74, 6) is -1.37. The van der Waals surface area contributed by atoms with E-state index in [9.17, 15) is 14.7 Å². The number of carbonyl (C=O) groups excluding carboxylic acids is 1. The Kier molecular flexibility index (Phi) is 4.61. The second-order valence-electron chi connectivity index (χ2n) is 7.20. The molecule has 0 aromatic carbocycles. The number of hydrogen-bond acceptors (Lipinski definition) is 3. The highest BCUT2D eigenvalue weighted by molar-refractivity contribution is 5.85. The monoisotopic (exact) mass is 297 g/mol. The minimum atomic E-state index is -0.829. The van der Waals surface area contributed by atoms with Crippen molar-refractivity contribution in [1.82, 2.24) is 4.90 Å². The molecule has 0 aromatic rings. The number of amides is 1. The molecule has 1 saturated carbocycles. The van der Waals surface area contributed by atoms with Gasteiger partial charge in [-0.25, -0.2) is 0 Å². The van der Waals surface area contributed by atoms with E-state index >= 15 is 0 Å². The van der Waals surface area contributed by atoms with Gasteiger partial charge in [-0.3, -0.25) is 9.59 Å². The Labute approximate surface area is 126 Å².